The lowest BCUT2D eigenvalue weighted by molar-refractivity contribution is 0.181. The van der Waals surface area contributed by atoms with Crippen LogP contribution in [0, 0.1) is 5.82 Å². The summed E-state index contributed by atoms with van der Waals surface area (Å²) in [5, 5.41) is 10.4. The summed E-state index contributed by atoms with van der Waals surface area (Å²) >= 11 is 0. The lowest BCUT2D eigenvalue weighted by Crippen LogP contribution is -2.36. The number of nitrogens with one attached hydrogen (secondary N) is 2. The zero-order valence-corrected chi connectivity index (χ0v) is 15.1. The molecule has 0 bridgehead atoms. The number of aromatic nitrogens is 1. The van der Waals surface area contributed by atoms with Gasteiger partial charge in [0.1, 0.15) is 5.82 Å². The van der Waals surface area contributed by atoms with Gasteiger partial charge in [-0.1, -0.05) is 25.1 Å². The third-order valence-electron chi connectivity index (χ3n) is 3.69. The highest BCUT2D eigenvalue weighted by molar-refractivity contribution is 5.79. The van der Waals surface area contributed by atoms with Crippen LogP contribution >= 0.6 is 0 Å². The second-order valence-electron chi connectivity index (χ2n) is 6.01. The molecule has 1 aromatic carbocycles. The average molecular weight is 348 g/mol. The average Bonchev–Trinajstić information content (AvgIpc) is 3.07. The highest BCUT2D eigenvalue weighted by atomic mass is 19.1. The normalized spacial score (nSPS) is 11.8. The lowest BCUT2D eigenvalue weighted by atomic mass is 10.1. The van der Waals surface area contributed by atoms with Crippen molar-refractivity contribution in [3.63, 3.8) is 0 Å². The van der Waals surface area contributed by atoms with E-state index >= 15 is 0 Å². The summed E-state index contributed by atoms with van der Waals surface area (Å²) in [4.78, 5) is 4.17. The van der Waals surface area contributed by atoms with Crippen molar-refractivity contribution >= 4 is 5.96 Å². The molecule has 1 heterocycles. The van der Waals surface area contributed by atoms with E-state index in [1.54, 1.807) is 26.3 Å². The molecular formula is C18H25FN4O2. The van der Waals surface area contributed by atoms with Crippen LogP contribution in [-0.2, 0) is 24.4 Å². The molecule has 6 nitrogen and oxygen atoms in total. The molecule has 2 N–H and O–H groups in total. The van der Waals surface area contributed by atoms with Crippen molar-refractivity contribution in [2.24, 2.45) is 4.99 Å². The first-order chi connectivity index (χ1) is 12.0. The van der Waals surface area contributed by atoms with Crippen LogP contribution in [0.2, 0.25) is 0 Å². The van der Waals surface area contributed by atoms with E-state index in [1.165, 1.54) is 6.07 Å². The summed E-state index contributed by atoms with van der Waals surface area (Å²) in [7, 11) is 3.24. The summed E-state index contributed by atoms with van der Waals surface area (Å²) in [5.74, 6) is 1.44. The van der Waals surface area contributed by atoms with Gasteiger partial charge in [-0.3, -0.25) is 4.99 Å². The largest absolute Gasteiger partial charge is 0.380 e. The summed E-state index contributed by atoms with van der Waals surface area (Å²) in [6.45, 7) is 5.38. The van der Waals surface area contributed by atoms with Gasteiger partial charge in [-0.2, -0.15) is 0 Å². The summed E-state index contributed by atoms with van der Waals surface area (Å²) in [5.41, 5.74) is 2.41. The highest BCUT2D eigenvalue weighted by Crippen LogP contribution is 2.14. The van der Waals surface area contributed by atoms with Gasteiger partial charge in [0, 0.05) is 32.3 Å². The van der Waals surface area contributed by atoms with Crippen LogP contribution in [-0.4, -0.2) is 25.3 Å². The molecule has 0 spiro atoms. The van der Waals surface area contributed by atoms with Crippen molar-refractivity contribution < 1.29 is 13.7 Å². The standard InChI is InChI=1S/C18H25FN4O2/c1-12(2)17-8-15(25-23-17)10-22-18(20-3)21-9-13-5-6-16(19)14(7-13)11-24-4/h5-8,12H,9-11H2,1-4H3,(H2,20,21,22). The summed E-state index contributed by atoms with van der Waals surface area (Å²) in [6.07, 6.45) is 0. The first-order valence-corrected chi connectivity index (χ1v) is 8.19. The predicted octanol–water partition coefficient (Wildman–Crippen LogP) is 2.95. The van der Waals surface area contributed by atoms with Crippen LogP contribution in [0.15, 0.2) is 33.8 Å². The number of nitrogens with zero attached hydrogens (tertiary/aromatic N) is 2. The van der Waals surface area contributed by atoms with Crippen molar-refractivity contribution in [1.82, 2.24) is 15.8 Å². The topological polar surface area (TPSA) is 71.7 Å². The van der Waals surface area contributed by atoms with Crippen molar-refractivity contribution in [2.45, 2.75) is 39.5 Å². The van der Waals surface area contributed by atoms with E-state index in [1.807, 2.05) is 6.07 Å². The second-order valence-corrected chi connectivity index (χ2v) is 6.01. The van der Waals surface area contributed by atoms with E-state index in [0.717, 1.165) is 17.0 Å². The number of hydrogen-bond acceptors (Lipinski definition) is 4. The van der Waals surface area contributed by atoms with Gasteiger partial charge >= 0.3 is 0 Å². The Bertz CT molecular complexity index is 713. The Labute approximate surface area is 147 Å². The van der Waals surface area contributed by atoms with Crippen molar-refractivity contribution in [1.29, 1.82) is 0 Å². The monoisotopic (exact) mass is 348 g/mol. The number of hydrogen-bond donors (Lipinski definition) is 2. The van der Waals surface area contributed by atoms with Gasteiger partial charge in [0.25, 0.3) is 0 Å². The zero-order valence-electron chi connectivity index (χ0n) is 15.1. The minimum atomic E-state index is -0.264. The Morgan fingerprint density at radius 1 is 1.28 bits per heavy atom. The molecule has 0 saturated heterocycles. The molecule has 0 radical (unpaired) electrons. The number of halogens is 1. The maximum atomic E-state index is 13.6. The molecule has 0 unspecified atom stereocenters. The molecule has 0 aliphatic heterocycles. The van der Waals surface area contributed by atoms with Crippen molar-refractivity contribution in [2.75, 3.05) is 14.2 Å². The third kappa shape index (κ3) is 5.56. The smallest absolute Gasteiger partial charge is 0.191 e. The minimum Gasteiger partial charge on any atom is -0.380 e. The molecule has 2 rings (SSSR count). The molecule has 0 fully saturated rings. The Morgan fingerprint density at radius 3 is 2.68 bits per heavy atom. The van der Waals surface area contributed by atoms with Crippen LogP contribution < -0.4 is 10.6 Å². The molecule has 0 amide bonds. The fourth-order valence-electron chi connectivity index (χ4n) is 2.27. The van der Waals surface area contributed by atoms with Gasteiger partial charge < -0.3 is 19.9 Å². The highest BCUT2D eigenvalue weighted by Gasteiger charge is 2.08. The molecule has 7 heteroatoms. The fraction of sp³-hybridized carbons (Fsp3) is 0.444. The quantitative estimate of drug-likeness (QED) is 0.595. The SMILES string of the molecule is CN=C(NCc1ccc(F)c(COC)c1)NCc1cc(C(C)C)no1. The number of aliphatic imine (C=N–C) groups is 1. The van der Waals surface area contributed by atoms with Gasteiger partial charge in [-0.25, -0.2) is 4.39 Å². The van der Waals surface area contributed by atoms with Crippen LogP contribution in [0.4, 0.5) is 4.39 Å². The van der Waals surface area contributed by atoms with Crippen LogP contribution in [0.1, 0.15) is 42.3 Å². The molecule has 0 atom stereocenters. The van der Waals surface area contributed by atoms with E-state index < -0.39 is 0 Å². The second kappa shape index (κ2) is 9.17. The Morgan fingerprint density at radius 2 is 2.04 bits per heavy atom. The first-order valence-electron chi connectivity index (χ1n) is 8.19. The Hall–Kier alpha value is -2.41. The number of methoxy groups -OCH3 is 1. The first kappa shape index (κ1) is 18.9. The van der Waals surface area contributed by atoms with E-state index in [-0.39, 0.29) is 12.4 Å². The third-order valence-corrected chi connectivity index (χ3v) is 3.69. The van der Waals surface area contributed by atoms with Crippen LogP contribution in [0.3, 0.4) is 0 Å². The number of benzene rings is 1. The molecule has 0 saturated carbocycles. The van der Waals surface area contributed by atoms with Crippen LogP contribution in [0.25, 0.3) is 0 Å². The predicted molar refractivity (Wildman–Crippen MR) is 94.7 cm³/mol. The Kier molecular flexibility index (Phi) is 6.94. The van der Waals surface area contributed by atoms with Crippen LogP contribution in [0.5, 0.6) is 0 Å². The van der Waals surface area contributed by atoms with E-state index in [9.17, 15) is 4.39 Å². The number of rotatable bonds is 7. The van der Waals surface area contributed by atoms with Gasteiger partial charge in [0.2, 0.25) is 0 Å². The maximum Gasteiger partial charge on any atom is 0.191 e. The number of guanidine groups is 1. The minimum absolute atomic E-state index is 0.246. The zero-order chi connectivity index (χ0) is 18.2. The molecule has 1 aromatic heterocycles. The molecule has 2 aromatic rings. The Balaban J connectivity index is 1.88. The molecule has 0 aliphatic rings. The maximum absolute atomic E-state index is 13.6. The van der Waals surface area contributed by atoms with Gasteiger partial charge in [0.15, 0.2) is 11.7 Å². The number of ether oxygens (including phenoxy) is 1. The molecule has 25 heavy (non-hydrogen) atoms. The van der Waals surface area contributed by atoms with Gasteiger partial charge in [0.05, 0.1) is 18.8 Å². The van der Waals surface area contributed by atoms with E-state index in [2.05, 4.69) is 34.6 Å². The molecular weight excluding hydrogens is 323 g/mol. The van der Waals surface area contributed by atoms with Crippen molar-refractivity contribution in [3.05, 3.63) is 52.7 Å². The van der Waals surface area contributed by atoms with Gasteiger partial charge in [-0.05, 0) is 23.6 Å². The van der Waals surface area contributed by atoms with Gasteiger partial charge in [-0.15, -0.1) is 0 Å². The fourth-order valence-corrected chi connectivity index (χ4v) is 2.27. The molecule has 136 valence electrons. The molecule has 0 aliphatic carbocycles. The van der Waals surface area contributed by atoms with E-state index in [0.29, 0.717) is 30.5 Å². The summed E-state index contributed by atoms with van der Waals surface area (Å²) < 4.78 is 23.9. The summed E-state index contributed by atoms with van der Waals surface area (Å²) in [6, 6.07) is 6.90. The van der Waals surface area contributed by atoms with Crippen molar-refractivity contribution in [3.8, 4) is 0 Å². The van der Waals surface area contributed by atoms with E-state index in [4.69, 9.17) is 9.26 Å². The lowest BCUT2D eigenvalue weighted by Gasteiger charge is -2.12.